The molecule has 7 nitrogen and oxygen atoms in total. The van der Waals surface area contributed by atoms with E-state index in [-0.39, 0.29) is 25.2 Å². The zero-order valence-corrected chi connectivity index (χ0v) is 13.3. The first-order valence-corrected chi connectivity index (χ1v) is 7.25. The first kappa shape index (κ1) is 19.3. The van der Waals surface area contributed by atoms with Crippen molar-refractivity contribution in [3.8, 4) is 0 Å². The number of carbonyl (C=O) groups is 4. The lowest BCUT2D eigenvalue weighted by molar-refractivity contribution is -0.167. The Morgan fingerprint density at radius 3 is 2.00 bits per heavy atom. The Kier molecular flexibility index (Phi) is 7.03. The fourth-order valence-corrected chi connectivity index (χ4v) is 1.98. The van der Waals surface area contributed by atoms with Crippen LogP contribution in [0.5, 0.6) is 0 Å². The number of benzene rings is 1. The van der Waals surface area contributed by atoms with Crippen LogP contribution in [0, 0.1) is 5.82 Å². The third-order valence-corrected chi connectivity index (χ3v) is 3.15. The maximum atomic E-state index is 12.9. The maximum absolute atomic E-state index is 12.9. The number of ketones is 1. The number of hydrogen-bond acceptors (Lipinski definition) is 6. The van der Waals surface area contributed by atoms with E-state index in [4.69, 9.17) is 9.47 Å². The Labute approximate surface area is 138 Å². The molecular formula is C16H18FNO6. The number of esters is 2. The molecule has 1 aromatic carbocycles. The van der Waals surface area contributed by atoms with E-state index < -0.39 is 35.5 Å². The summed E-state index contributed by atoms with van der Waals surface area (Å²) in [6, 6.07) is 4.55. The van der Waals surface area contributed by atoms with Gasteiger partial charge in [0, 0.05) is 5.56 Å². The average Bonchev–Trinajstić information content (AvgIpc) is 2.55. The molecule has 0 unspecified atom stereocenters. The number of Topliss-reactive ketones (excluding diaryl/α,β-unsaturated/α-hetero) is 1. The quantitative estimate of drug-likeness (QED) is 0.312. The summed E-state index contributed by atoms with van der Waals surface area (Å²) < 4.78 is 22.6. The molecule has 1 aromatic rings. The summed E-state index contributed by atoms with van der Waals surface area (Å²) >= 11 is 0. The standard InChI is InChI=1S/C16H18FNO6/c1-3-23-14(21)16(18-10-19,15(22)24-4-2)9-13(20)11-5-7-12(17)8-6-11/h5-8,10H,3-4,9H2,1-2H3,(H,18,19). The summed E-state index contributed by atoms with van der Waals surface area (Å²) in [4.78, 5) is 47.8. The maximum Gasteiger partial charge on any atom is 0.344 e. The first-order chi connectivity index (χ1) is 11.4. The van der Waals surface area contributed by atoms with Crippen LogP contribution in [0.4, 0.5) is 4.39 Å². The molecule has 1 rings (SSSR count). The predicted octanol–water partition coefficient (Wildman–Crippen LogP) is 1.01. The molecule has 0 fully saturated rings. The van der Waals surface area contributed by atoms with Gasteiger partial charge in [-0.15, -0.1) is 0 Å². The van der Waals surface area contributed by atoms with Gasteiger partial charge in [0.2, 0.25) is 11.9 Å². The Balaban J connectivity index is 3.21. The Bertz CT molecular complexity index is 595. The second-order valence-corrected chi connectivity index (χ2v) is 4.72. The number of carbonyl (C=O) groups excluding carboxylic acids is 4. The van der Waals surface area contributed by atoms with Crippen molar-refractivity contribution in [1.82, 2.24) is 5.32 Å². The van der Waals surface area contributed by atoms with Gasteiger partial charge in [-0.1, -0.05) is 0 Å². The lowest BCUT2D eigenvalue weighted by Gasteiger charge is -2.27. The lowest BCUT2D eigenvalue weighted by Crippen LogP contribution is -2.60. The number of nitrogens with one attached hydrogen (secondary N) is 1. The van der Waals surface area contributed by atoms with E-state index in [0.29, 0.717) is 0 Å². The molecule has 0 aliphatic carbocycles. The summed E-state index contributed by atoms with van der Waals surface area (Å²) in [6.07, 6.45) is -0.596. The van der Waals surface area contributed by atoms with E-state index in [1.165, 1.54) is 26.0 Å². The van der Waals surface area contributed by atoms with Crippen LogP contribution < -0.4 is 5.32 Å². The van der Waals surface area contributed by atoms with Crippen molar-refractivity contribution in [3.63, 3.8) is 0 Å². The number of rotatable bonds is 9. The third kappa shape index (κ3) is 4.37. The highest BCUT2D eigenvalue weighted by Crippen LogP contribution is 2.19. The molecule has 0 spiro atoms. The molecule has 0 aliphatic rings. The molecule has 1 amide bonds. The van der Waals surface area contributed by atoms with E-state index in [1.807, 2.05) is 0 Å². The number of ether oxygens (including phenoxy) is 2. The monoisotopic (exact) mass is 339 g/mol. The molecular weight excluding hydrogens is 321 g/mol. The molecule has 130 valence electrons. The van der Waals surface area contributed by atoms with Crippen LogP contribution in [0.25, 0.3) is 0 Å². The fraction of sp³-hybridized carbons (Fsp3) is 0.375. The highest BCUT2D eigenvalue weighted by molar-refractivity contribution is 6.12. The zero-order chi connectivity index (χ0) is 18.2. The summed E-state index contributed by atoms with van der Waals surface area (Å²) in [6.45, 7) is 2.89. The van der Waals surface area contributed by atoms with Crippen LogP contribution in [0.1, 0.15) is 30.6 Å². The molecule has 24 heavy (non-hydrogen) atoms. The Morgan fingerprint density at radius 2 is 1.58 bits per heavy atom. The minimum atomic E-state index is -2.29. The second-order valence-electron chi connectivity index (χ2n) is 4.72. The number of hydrogen-bond donors (Lipinski definition) is 1. The molecule has 0 aromatic heterocycles. The van der Waals surface area contributed by atoms with Crippen molar-refractivity contribution in [3.05, 3.63) is 35.6 Å². The van der Waals surface area contributed by atoms with E-state index >= 15 is 0 Å². The highest BCUT2D eigenvalue weighted by atomic mass is 19.1. The van der Waals surface area contributed by atoms with Gasteiger partial charge in [0.05, 0.1) is 19.6 Å². The highest BCUT2D eigenvalue weighted by Gasteiger charge is 2.50. The molecule has 0 heterocycles. The van der Waals surface area contributed by atoms with Gasteiger partial charge in [0.1, 0.15) is 5.82 Å². The topological polar surface area (TPSA) is 98.8 Å². The largest absolute Gasteiger partial charge is 0.464 e. The third-order valence-electron chi connectivity index (χ3n) is 3.15. The smallest absolute Gasteiger partial charge is 0.344 e. The van der Waals surface area contributed by atoms with Crippen LogP contribution >= 0.6 is 0 Å². The number of amides is 1. The fourth-order valence-electron chi connectivity index (χ4n) is 1.98. The van der Waals surface area contributed by atoms with Crippen molar-refractivity contribution in [2.75, 3.05) is 13.2 Å². The van der Waals surface area contributed by atoms with Crippen molar-refractivity contribution in [2.24, 2.45) is 0 Å². The van der Waals surface area contributed by atoms with Gasteiger partial charge >= 0.3 is 11.9 Å². The Hall–Kier alpha value is -2.77. The van der Waals surface area contributed by atoms with Crippen molar-refractivity contribution in [1.29, 1.82) is 0 Å². The predicted molar refractivity (Wildman–Crippen MR) is 80.5 cm³/mol. The first-order valence-electron chi connectivity index (χ1n) is 7.25. The molecule has 0 saturated heterocycles. The minimum absolute atomic E-state index is 0.0642. The molecule has 0 atom stereocenters. The second kappa shape index (κ2) is 8.76. The van der Waals surface area contributed by atoms with Crippen LogP contribution in [0.15, 0.2) is 24.3 Å². The summed E-state index contributed by atoms with van der Waals surface area (Å²) in [5.74, 6) is -3.41. The van der Waals surface area contributed by atoms with E-state index in [0.717, 1.165) is 12.1 Å². The molecule has 0 bridgehead atoms. The van der Waals surface area contributed by atoms with Gasteiger partial charge in [0.15, 0.2) is 5.78 Å². The minimum Gasteiger partial charge on any atom is -0.464 e. The molecule has 1 N–H and O–H groups in total. The molecule has 0 aliphatic heterocycles. The van der Waals surface area contributed by atoms with Crippen molar-refractivity contribution >= 4 is 24.1 Å². The summed E-state index contributed by atoms with van der Waals surface area (Å²) in [7, 11) is 0. The van der Waals surface area contributed by atoms with Gasteiger partial charge in [-0.25, -0.2) is 14.0 Å². The molecule has 0 saturated carbocycles. The van der Waals surface area contributed by atoms with Gasteiger partial charge in [-0.2, -0.15) is 0 Å². The van der Waals surface area contributed by atoms with Gasteiger partial charge in [-0.3, -0.25) is 9.59 Å². The normalized spacial score (nSPS) is 10.6. The van der Waals surface area contributed by atoms with Gasteiger partial charge in [-0.05, 0) is 38.1 Å². The zero-order valence-electron chi connectivity index (χ0n) is 13.3. The summed E-state index contributed by atoms with van der Waals surface area (Å²) in [5, 5.41) is 2.05. The van der Waals surface area contributed by atoms with Crippen molar-refractivity contribution < 1.29 is 33.0 Å². The molecule has 0 radical (unpaired) electrons. The van der Waals surface area contributed by atoms with Crippen LogP contribution in [0.3, 0.4) is 0 Å². The lowest BCUT2D eigenvalue weighted by atomic mass is 9.90. The van der Waals surface area contributed by atoms with Gasteiger partial charge < -0.3 is 14.8 Å². The number of halogens is 1. The van der Waals surface area contributed by atoms with E-state index in [2.05, 4.69) is 5.32 Å². The summed E-state index contributed by atoms with van der Waals surface area (Å²) in [5.41, 5.74) is -2.22. The van der Waals surface area contributed by atoms with Crippen LogP contribution in [0.2, 0.25) is 0 Å². The van der Waals surface area contributed by atoms with E-state index in [9.17, 15) is 23.6 Å². The average molecular weight is 339 g/mol. The van der Waals surface area contributed by atoms with Crippen LogP contribution in [-0.2, 0) is 23.9 Å². The molecule has 8 heteroatoms. The van der Waals surface area contributed by atoms with Crippen LogP contribution in [-0.4, -0.2) is 42.9 Å². The van der Waals surface area contributed by atoms with Gasteiger partial charge in [0.25, 0.3) is 0 Å². The SMILES string of the molecule is CCOC(=O)C(CC(=O)c1ccc(F)cc1)(NC=O)C(=O)OCC. The Morgan fingerprint density at radius 1 is 1.08 bits per heavy atom. The van der Waals surface area contributed by atoms with E-state index in [1.54, 1.807) is 0 Å². The van der Waals surface area contributed by atoms with Crippen molar-refractivity contribution in [2.45, 2.75) is 25.8 Å².